The molecule has 6 atom stereocenters. The Kier molecular flexibility index (Phi) is 4.64. The molecule has 2 N–H and O–H groups in total. The molecule has 0 aromatic carbocycles. The number of alkyl halides is 3. The predicted octanol–water partition coefficient (Wildman–Crippen LogP) is 0.191. The van der Waals surface area contributed by atoms with Crippen molar-refractivity contribution >= 4 is 34.8 Å². The van der Waals surface area contributed by atoms with Crippen LogP contribution in [0.2, 0.25) is 0 Å². The largest absolute Gasteiger partial charge is 0.394 e. The van der Waals surface area contributed by atoms with Gasteiger partial charge in [-0.05, 0) is 0 Å². The lowest BCUT2D eigenvalue weighted by Crippen LogP contribution is -2.57. The van der Waals surface area contributed by atoms with Crippen molar-refractivity contribution < 1.29 is 29.2 Å². The Hall–Kier alpha value is 0.630. The standard InChI is InChI=1S/C9H13Cl3O6/c1-15-7-4(14)6-5(3(2-13)16-7)17-8(18-6)9(10,11)12/h3-8,13-14H,2H2,1H3/t3-,4+,5-,6+,7+,8-/m1/s1. The highest BCUT2D eigenvalue weighted by molar-refractivity contribution is 6.67. The number of fused-ring (bicyclic) bond motifs is 1. The molecule has 2 aliphatic heterocycles. The molecule has 9 heteroatoms. The average molecular weight is 324 g/mol. The maximum absolute atomic E-state index is 9.97. The van der Waals surface area contributed by atoms with Crippen LogP contribution in [0.5, 0.6) is 0 Å². The topological polar surface area (TPSA) is 77.4 Å². The molecule has 2 heterocycles. The molecule has 2 fully saturated rings. The van der Waals surface area contributed by atoms with Gasteiger partial charge in [0, 0.05) is 7.11 Å². The highest BCUT2D eigenvalue weighted by atomic mass is 35.6. The van der Waals surface area contributed by atoms with Gasteiger partial charge in [0.15, 0.2) is 6.29 Å². The van der Waals surface area contributed by atoms with Crippen LogP contribution >= 0.6 is 34.8 Å². The van der Waals surface area contributed by atoms with Gasteiger partial charge < -0.3 is 29.2 Å². The zero-order valence-electron chi connectivity index (χ0n) is 9.33. The number of aliphatic hydroxyl groups is 2. The molecule has 0 radical (unpaired) electrons. The molecule has 6 nitrogen and oxygen atoms in total. The van der Waals surface area contributed by atoms with Crippen molar-refractivity contribution in [3.8, 4) is 0 Å². The van der Waals surface area contributed by atoms with E-state index in [4.69, 9.17) is 53.8 Å². The molecule has 106 valence electrons. The first-order chi connectivity index (χ1) is 8.38. The first-order valence-corrected chi connectivity index (χ1v) is 6.36. The van der Waals surface area contributed by atoms with Gasteiger partial charge in [-0.25, -0.2) is 0 Å². The lowest BCUT2D eigenvalue weighted by Gasteiger charge is -2.38. The number of ether oxygens (including phenoxy) is 4. The van der Waals surface area contributed by atoms with Gasteiger partial charge in [0.2, 0.25) is 10.1 Å². The Labute approximate surface area is 119 Å². The van der Waals surface area contributed by atoms with Gasteiger partial charge in [-0.1, -0.05) is 34.8 Å². The van der Waals surface area contributed by atoms with E-state index in [1.807, 2.05) is 0 Å². The molecule has 0 aromatic heterocycles. The third-order valence-electron chi connectivity index (χ3n) is 2.86. The molecule has 2 aliphatic rings. The van der Waals surface area contributed by atoms with Gasteiger partial charge in [0.25, 0.3) is 0 Å². The van der Waals surface area contributed by atoms with E-state index in [1.54, 1.807) is 0 Å². The van der Waals surface area contributed by atoms with Crippen molar-refractivity contribution in [2.24, 2.45) is 0 Å². The van der Waals surface area contributed by atoms with Crippen molar-refractivity contribution in [2.75, 3.05) is 13.7 Å². The van der Waals surface area contributed by atoms with E-state index in [0.717, 1.165) is 0 Å². The summed E-state index contributed by atoms with van der Waals surface area (Å²) in [5, 5.41) is 19.2. The zero-order valence-corrected chi connectivity index (χ0v) is 11.6. The van der Waals surface area contributed by atoms with Crippen LogP contribution < -0.4 is 0 Å². The van der Waals surface area contributed by atoms with Gasteiger partial charge in [-0.15, -0.1) is 0 Å². The minimum Gasteiger partial charge on any atom is -0.394 e. The third kappa shape index (κ3) is 2.72. The van der Waals surface area contributed by atoms with E-state index in [1.165, 1.54) is 7.11 Å². The first-order valence-electron chi connectivity index (χ1n) is 5.23. The van der Waals surface area contributed by atoms with Crippen LogP contribution in [0.15, 0.2) is 0 Å². The van der Waals surface area contributed by atoms with Crippen molar-refractivity contribution in [1.29, 1.82) is 0 Å². The van der Waals surface area contributed by atoms with Crippen LogP contribution in [0.1, 0.15) is 0 Å². The molecule has 0 saturated carbocycles. The molecule has 2 saturated heterocycles. The molecule has 0 aliphatic carbocycles. The normalized spacial score (nSPS) is 45.0. The number of halogens is 3. The number of aliphatic hydroxyl groups excluding tert-OH is 2. The summed E-state index contributed by atoms with van der Waals surface area (Å²) in [5.41, 5.74) is 0. The van der Waals surface area contributed by atoms with Crippen molar-refractivity contribution in [2.45, 2.75) is 40.8 Å². The number of methoxy groups -OCH3 is 1. The highest BCUT2D eigenvalue weighted by Crippen LogP contribution is 2.42. The summed E-state index contributed by atoms with van der Waals surface area (Å²) in [4.78, 5) is 0. The number of hydrogen-bond donors (Lipinski definition) is 2. The maximum atomic E-state index is 9.97. The fraction of sp³-hybridized carbons (Fsp3) is 1.00. The van der Waals surface area contributed by atoms with Crippen LogP contribution in [0.25, 0.3) is 0 Å². The lowest BCUT2D eigenvalue weighted by atomic mass is 9.99. The average Bonchev–Trinajstić information content (AvgIpc) is 2.75. The van der Waals surface area contributed by atoms with Crippen LogP contribution in [-0.4, -0.2) is 64.7 Å². The van der Waals surface area contributed by atoms with Crippen LogP contribution in [-0.2, 0) is 18.9 Å². The fourth-order valence-electron chi connectivity index (χ4n) is 2.03. The van der Waals surface area contributed by atoms with Gasteiger partial charge in [0.1, 0.15) is 24.4 Å². The van der Waals surface area contributed by atoms with Gasteiger partial charge in [-0.3, -0.25) is 0 Å². The highest BCUT2D eigenvalue weighted by Gasteiger charge is 2.56. The van der Waals surface area contributed by atoms with E-state index in [0.29, 0.717) is 0 Å². The Bertz CT molecular complexity index is 299. The first kappa shape index (κ1) is 15.0. The summed E-state index contributed by atoms with van der Waals surface area (Å²) < 4.78 is 19.2. The molecular weight excluding hydrogens is 310 g/mol. The summed E-state index contributed by atoms with van der Waals surface area (Å²) in [7, 11) is 1.37. The van der Waals surface area contributed by atoms with Crippen molar-refractivity contribution in [3.05, 3.63) is 0 Å². The van der Waals surface area contributed by atoms with Crippen molar-refractivity contribution in [3.63, 3.8) is 0 Å². The number of rotatable bonds is 2. The van der Waals surface area contributed by atoms with Crippen molar-refractivity contribution in [1.82, 2.24) is 0 Å². The van der Waals surface area contributed by atoms with Crippen LogP contribution in [0.3, 0.4) is 0 Å². The minimum atomic E-state index is -1.79. The third-order valence-corrected chi connectivity index (χ3v) is 3.39. The fourth-order valence-corrected chi connectivity index (χ4v) is 2.34. The maximum Gasteiger partial charge on any atom is 0.240 e. The molecule has 0 unspecified atom stereocenters. The molecule has 0 aromatic rings. The van der Waals surface area contributed by atoms with E-state index in [9.17, 15) is 10.2 Å². The molecule has 18 heavy (non-hydrogen) atoms. The second-order valence-corrected chi connectivity index (χ2v) is 6.40. The second-order valence-electron chi connectivity index (χ2n) is 4.03. The molecule has 0 bridgehead atoms. The minimum absolute atomic E-state index is 0.330. The smallest absolute Gasteiger partial charge is 0.240 e. The Balaban J connectivity index is 2.16. The molecule has 2 rings (SSSR count). The Morgan fingerprint density at radius 1 is 1.17 bits per heavy atom. The Morgan fingerprint density at radius 2 is 1.78 bits per heavy atom. The van der Waals surface area contributed by atoms with Crippen LogP contribution in [0, 0.1) is 0 Å². The summed E-state index contributed by atoms with van der Waals surface area (Å²) >= 11 is 17.0. The summed E-state index contributed by atoms with van der Waals surface area (Å²) in [6.07, 6.45) is -5.40. The predicted molar refractivity (Wildman–Crippen MR) is 62.6 cm³/mol. The monoisotopic (exact) mass is 322 g/mol. The van der Waals surface area contributed by atoms with E-state index >= 15 is 0 Å². The Morgan fingerprint density at radius 3 is 2.28 bits per heavy atom. The van der Waals surface area contributed by atoms with E-state index in [2.05, 4.69) is 0 Å². The van der Waals surface area contributed by atoms with Gasteiger partial charge in [0.05, 0.1) is 6.61 Å². The summed E-state index contributed by atoms with van der Waals surface area (Å²) in [6.45, 7) is -0.330. The van der Waals surface area contributed by atoms with E-state index in [-0.39, 0.29) is 6.61 Å². The van der Waals surface area contributed by atoms with E-state index < -0.39 is 40.8 Å². The van der Waals surface area contributed by atoms with Crippen LogP contribution in [0.4, 0.5) is 0 Å². The SMILES string of the molecule is CO[C@H]1O[C@H](CO)[C@H]2O[C@@H](C(Cl)(Cl)Cl)O[C@H]2[C@@H]1O. The van der Waals surface area contributed by atoms with Gasteiger partial charge in [-0.2, -0.15) is 0 Å². The molecule has 0 spiro atoms. The lowest BCUT2D eigenvalue weighted by molar-refractivity contribution is -0.274. The number of hydrogen-bond acceptors (Lipinski definition) is 6. The van der Waals surface area contributed by atoms with Gasteiger partial charge >= 0.3 is 0 Å². The second kappa shape index (κ2) is 5.55. The summed E-state index contributed by atoms with van der Waals surface area (Å²) in [6, 6.07) is 0. The zero-order chi connectivity index (χ0) is 13.5. The molecule has 0 amide bonds. The quantitative estimate of drug-likeness (QED) is 0.707. The summed E-state index contributed by atoms with van der Waals surface area (Å²) in [5.74, 6) is 0. The molecular formula is C9H13Cl3O6.